The van der Waals surface area contributed by atoms with Crippen LogP contribution < -0.4 is 14.8 Å². The van der Waals surface area contributed by atoms with Crippen molar-refractivity contribution in [2.75, 3.05) is 19.0 Å². The number of carbonyl (C=O) groups excluding carboxylic acids is 2. The van der Waals surface area contributed by atoms with Crippen LogP contribution in [0.3, 0.4) is 0 Å². The van der Waals surface area contributed by atoms with Gasteiger partial charge in [-0.25, -0.2) is 4.68 Å². The van der Waals surface area contributed by atoms with E-state index in [1.807, 2.05) is 24.4 Å². The number of ketones is 1. The fourth-order valence-electron chi connectivity index (χ4n) is 3.27. The minimum atomic E-state index is -0.353. The molecule has 35 heavy (non-hydrogen) atoms. The summed E-state index contributed by atoms with van der Waals surface area (Å²) in [6.45, 7) is -0.218. The molecule has 3 aromatic carbocycles. The molecule has 176 valence electrons. The number of ether oxygens (including phenoxy) is 2. The van der Waals surface area contributed by atoms with E-state index < -0.39 is 0 Å². The summed E-state index contributed by atoms with van der Waals surface area (Å²) in [7, 11) is 1.51. The molecule has 0 saturated carbocycles. The summed E-state index contributed by atoms with van der Waals surface area (Å²) in [5.74, 6) is 0.356. The standard InChI is InChI=1S/C27H22ClN3O4/c1-34-26-17-19(7-13-24(32)20-9-11-21(12-10-20)31-16-4-15-29-31)8-14-25(26)35-18-27(33)30-23-6-3-2-5-22(23)28/h2-17H,18H2,1H3,(H,30,33). The number of nitrogens with one attached hydrogen (secondary N) is 1. The Morgan fingerprint density at radius 2 is 1.83 bits per heavy atom. The highest BCUT2D eigenvalue weighted by molar-refractivity contribution is 6.33. The molecular weight excluding hydrogens is 466 g/mol. The molecule has 0 spiro atoms. The first-order chi connectivity index (χ1) is 17.0. The van der Waals surface area contributed by atoms with Gasteiger partial charge in [0.25, 0.3) is 5.91 Å². The van der Waals surface area contributed by atoms with Crippen molar-refractivity contribution in [3.8, 4) is 17.2 Å². The fourth-order valence-corrected chi connectivity index (χ4v) is 3.45. The molecule has 1 aromatic heterocycles. The zero-order valence-corrected chi connectivity index (χ0v) is 19.6. The Hall–Kier alpha value is -4.36. The summed E-state index contributed by atoms with van der Waals surface area (Å²) in [5, 5.41) is 7.31. The predicted molar refractivity (Wildman–Crippen MR) is 135 cm³/mol. The normalized spacial score (nSPS) is 10.8. The van der Waals surface area contributed by atoms with Crippen LogP contribution in [-0.4, -0.2) is 35.2 Å². The van der Waals surface area contributed by atoms with Crippen LogP contribution in [0.25, 0.3) is 11.8 Å². The largest absolute Gasteiger partial charge is 0.493 e. The average Bonchev–Trinajstić information content (AvgIpc) is 3.43. The number of anilines is 1. The van der Waals surface area contributed by atoms with Crippen molar-refractivity contribution in [1.29, 1.82) is 0 Å². The van der Waals surface area contributed by atoms with Crippen LogP contribution >= 0.6 is 11.6 Å². The third kappa shape index (κ3) is 6.16. The molecule has 0 aliphatic carbocycles. The Morgan fingerprint density at radius 1 is 1.03 bits per heavy atom. The van der Waals surface area contributed by atoms with Gasteiger partial charge in [0.15, 0.2) is 23.9 Å². The Labute approximate surface area is 207 Å². The number of aromatic nitrogens is 2. The summed E-state index contributed by atoms with van der Waals surface area (Å²) in [4.78, 5) is 24.8. The molecule has 0 unspecified atom stereocenters. The van der Waals surface area contributed by atoms with Crippen LogP contribution in [-0.2, 0) is 4.79 Å². The van der Waals surface area contributed by atoms with Crippen molar-refractivity contribution >= 4 is 35.1 Å². The number of hydrogen-bond acceptors (Lipinski definition) is 5. The molecule has 0 aliphatic rings. The average molecular weight is 488 g/mol. The second kappa shape index (κ2) is 11.2. The van der Waals surface area contributed by atoms with Crippen molar-refractivity contribution in [2.24, 2.45) is 0 Å². The van der Waals surface area contributed by atoms with E-state index in [1.165, 1.54) is 13.2 Å². The number of para-hydroxylation sites is 1. The summed E-state index contributed by atoms with van der Waals surface area (Å²) < 4.78 is 12.7. The van der Waals surface area contributed by atoms with Crippen LogP contribution in [0.5, 0.6) is 11.5 Å². The lowest BCUT2D eigenvalue weighted by atomic mass is 10.1. The lowest BCUT2D eigenvalue weighted by Crippen LogP contribution is -2.20. The van der Waals surface area contributed by atoms with Crippen LogP contribution in [0.15, 0.2) is 91.3 Å². The molecule has 0 aliphatic heterocycles. The van der Waals surface area contributed by atoms with E-state index in [0.29, 0.717) is 27.8 Å². The molecule has 1 heterocycles. The molecule has 0 radical (unpaired) electrons. The van der Waals surface area contributed by atoms with E-state index in [0.717, 1.165) is 11.3 Å². The van der Waals surface area contributed by atoms with Crippen LogP contribution in [0.1, 0.15) is 15.9 Å². The van der Waals surface area contributed by atoms with Crippen LogP contribution in [0.4, 0.5) is 5.69 Å². The van der Waals surface area contributed by atoms with Crippen LogP contribution in [0.2, 0.25) is 5.02 Å². The number of nitrogens with zero attached hydrogens (tertiary/aromatic N) is 2. The van der Waals surface area contributed by atoms with E-state index in [2.05, 4.69) is 10.4 Å². The summed E-state index contributed by atoms with van der Waals surface area (Å²) in [6.07, 6.45) is 6.72. The quantitative estimate of drug-likeness (QED) is 0.251. The number of benzene rings is 3. The minimum absolute atomic E-state index is 0.132. The zero-order valence-electron chi connectivity index (χ0n) is 18.9. The molecule has 1 N–H and O–H groups in total. The highest BCUT2D eigenvalue weighted by atomic mass is 35.5. The maximum atomic E-state index is 12.6. The topological polar surface area (TPSA) is 82.5 Å². The maximum Gasteiger partial charge on any atom is 0.262 e. The fraction of sp³-hybridized carbons (Fsp3) is 0.0741. The van der Waals surface area contributed by atoms with E-state index in [4.69, 9.17) is 21.1 Å². The second-order valence-electron chi connectivity index (χ2n) is 7.42. The Kier molecular flexibility index (Phi) is 7.60. The SMILES string of the molecule is COc1cc(C=CC(=O)c2ccc(-n3cccn3)cc2)ccc1OCC(=O)Nc1ccccc1Cl. The first-order valence-corrected chi connectivity index (χ1v) is 11.1. The van der Waals surface area contributed by atoms with Gasteiger partial charge < -0.3 is 14.8 Å². The van der Waals surface area contributed by atoms with Crippen molar-refractivity contribution in [2.45, 2.75) is 0 Å². The van der Waals surface area contributed by atoms with Crippen molar-refractivity contribution in [1.82, 2.24) is 9.78 Å². The molecule has 4 aromatic rings. The highest BCUT2D eigenvalue weighted by Crippen LogP contribution is 2.29. The molecule has 7 nitrogen and oxygen atoms in total. The summed E-state index contributed by atoms with van der Waals surface area (Å²) >= 11 is 6.06. The number of carbonyl (C=O) groups is 2. The molecule has 0 saturated heterocycles. The Morgan fingerprint density at radius 3 is 2.54 bits per heavy atom. The maximum absolute atomic E-state index is 12.6. The van der Waals surface area contributed by atoms with Crippen molar-refractivity contribution in [3.05, 3.63) is 107 Å². The third-order valence-corrected chi connectivity index (χ3v) is 5.37. The van der Waals surface area contributed by atoms with Gasteiger partial charge in [0, 0.05) is 18.0 Å². The zero-order chi connectivity index (χ0) is 24.6. The van der Waals surface area contributed by atoms with Crippen LogP contribution in [0, 0.1) is 0 Å². The molecule has 0 bridgehead atoms. The van der Waals surface area contributed by atoms with Gasteiger partial charge in [-0.05, 0) is 66.2 Å². The monoisotopic (exact) mass is 487 g/mol. The van der Waals surface area contributed by atoms with Gasteiger partial charge in [-0.2, -0.15) is 5.10 Å². The number of methoxy groups -OCH3 is 1. The summed E-state index contributed by atoms with van der Waals surface area (Å²) in [6, 6.07) is 21.2. The smallest absolute Gasteiger partial charge is 0.262 e. The Bertz CT molecular complexity index is 1350. The number of hydrogen-bond donors (Lipinski definition) is 1. The lowest BCUT2D eigenvalue weighted by Gasteiger charge is -2.12. The van der Waals surface area contributed by atoms with Gasteiger partial charge in [-0.1, -0.05) is 35.9 Å². The number of halogens is 1. The lowest BCUT2D eigenvalue weighted by molar-refractivity contribution is -0.118. The van der Waals surface area contributed by atoms with Gasteiger partial charge in [0.2, 0.25) is 0 Å². The summed E-state index contributed by atoms with van der Waals surface area (Å²) in [5.41, 5.74) is 2.69. The molecule has 0 atom stereocenters. The first-order valence-electron chi connectivity index (χ1n) is 10.7. The number of amides is 1. The first kappa shape index (κ1) is 23.8. The molecule has 1 amide bonds. The number of rotatable bonds is 9. The van der Waals surface area contributed by atoms with Gasteiger partial charge in [-0.15, -0.1) is 0 Å². The van der Waals surface area contributed by atoms with Crippen molar-refractivity contribution < 1.29 is 19.1 Å². The predicted octanol–water partition coefficient (Wildman–Crippen LogP) is 5.45. The number of allylic oxidation sites excluding steroid dienone is 1. The third-order valence-electron chi connectivity index (χ3n) is 5.04. The van der Waals surface area contributed by atoms with Gasteiger partial charge in [0.05, 0.1) is 23.5 Å². The molecule has 4 rings (SSSR count). The molecule has 0 fully saturated rings. The molecular formula is C27H22ClN3O4. The van der Waals surface area contributed by atoms with Gasteiger partial charge >= 0.3 is 0 Å². The van der Waals surface area contributed by atoms with Gasteiger partial charge in [0.1, 0.15) is 0 Å². The second-order valence-corrected chi connectivity index (χ2v) is 7.83. The minimum Gasteiger partial charge on any atom is -0.493 e. The van der Waals surface area contributed by atoms with E-state index >= 15 is 0 Å². The highest BCUT2D eigenvalue weighted by Gasteiger charge is 2.10. The van der Waals surface area contributed by atoms with Gasteiger partial charge in [-0.3, -0.25) is 9.59 Å². The Balaban J connectivity index is 1.37. The molecule has 8 heteroatoms. The van der Waals surface area contributed by atoms with Crippen molar-refractivity contribution in [3.63, 3.8) is 0 Å². The van der Waals surface area contributed by atoms with E-state index in [1.54, 1.807) is 71.6 Å². The van der Waals surface area contributed by atoms with E-state index in [9.17, 15) is 9.59 Å². The van der Waals surface area contributed by atoms with E-state index in [-0.39, 0.29) is 18.3 Å².